The second-order valence-electron chi connectivity index (χ2n) is 8.54. The molecular formula is C26H27N7O5S. The summed E-state index contributed by atoms with van der Waals surface area (Å²) in [5, 5.41) is 16.4. The van der Waals surface area contributed by atoms with Crippen molar-refractivity contribution in [2.45, 2.75) is 25.2 Å². The van der Waals surface area contributed by atoms with Crippen LogP contribution in [0.3, 0.4) is 0 Å². The Morgan fingerprint density at radius 2 is 1.74 bits per heavy atom. The highest BCUT2D eigenvalue weighted by atomic mass is 32.2. The van der Waals surface area contributed by atoms with E-state index in [0.717, 1.165) is 5.56 Å². The maximum Gasteiger partial charge on any atom is 0.243 e. The van der Waals surface area contributed by atoms with Gasteiger partial charge in [-0.1, -0.05) is 6.07 Å². The van der Waals surface area contributed by atoms with Crippen molar-refractivity contribution < 1.29 is 22.6 Å². The summed E-state index contributed by atoms with van der Waals surface area (Å²) in [7, 11) is 0.247. The van der Waals surface area contributed by atoms with Gasteiger partial charge in [0, 0.05) is 31.3 Å². The smallest absolute Gasteiger partial charge is 0.243 e. The van der Waals surface area contributed by atoms with E-state index in [1.165, 1.54) is 39.0 Å². The maximum absolute atomic E-state index is 13.7. The molecule has 39 heavy (non-hydrogen) atoms. The summed E-state index contributed by atoms with van der Waals surface area (Å²) in [4.78, 5) is 8.46. The molecule has 0 radical (unpaired) electrons. The molecule has 1 aromatic carbocycles. The average molecular weight is 550 g/mol. The van der Waals surface area contributed by atoms with Gasteiger partial charge < -0.3 is 14.2 Å². The number of nitrogens with one attached hydrogen (secondary N) is 1. The Kier molecular flexibility index (Phi) is 8.08. The molecule has 0 aliphatic rings. The highest BCUT2D eigenvalue weighted by molar-refractivity contribution is 7.93. The van der Waals surface area contributed by atoms with Crippen LogP contribution in [-0.2, 0) is 14.8 Å². The lowest BCUT2D eigenvalue weighted by Gasteiger charge is -2.23. The van der Waals surface area contributed by atoms with E-state index in [1.807, 2.05) is 19.1 Å². The van der Waals surface area contributed by atoms with Crippen molar-refractivity contribution in [2.75, 3.05) is 26.1 Å². The Bertz CT molecular complexity index is 1590. The monoisotopic (exact) mass is 549 g/mol. The molecule has 0 saturated carbocycles. The van der Waals surface area contributed by atoms with Crippen molar-refractivity contribution in [2.24, 2.45) is 0 Å². The topological polar surface area (TPSA) is 154 Å². The van der Waals surface area contributed by atoms with Crippen molar-refractivity contribution in [3.63, 3.8) is 0 Å². The summed E-state index contributed by atoms with van der Waals surface area (Å²) >= 11 is 0. The predicted octanol–water partition coefficient (Wildman–Crippen LogP) is 3.44. The first-order chi connectivity index (χ1) is 18.7. The Labute approximate surface area is 226 Å². The first-order valence-electron chi connectivity index (χ1n) is 11.7. The van der Waals surface area contributed by atoms with Gasteiger partial charge in [0.15, 0.2) is 5.82 Å². The summed E-state index contributed by atoms with van der Waals surface area (Å²) in [6, 6.07) is 12.1. The van der Waals surface area contributed by atoms with Crippen molar-refractivity contribution >= 4 is 16.0 Å². The van der Waals surface area contributed by atoms with Crippen LogP contribution in [0.5, 0.6) is 11.5 Å². The van der Waals surface area contributed by atoms with Crippen LogP contribution in [-0.4, -0.2) is 59.7 Å². The van der Waals surface area contributed by atoms with Gasteiger partial charge in [-0.3, -0.25) is 19.3 Å². The van der Waals surface area contributed by atoms with Crippen LogP contribution in [0.2, 0.25) is 0 Å². The number of nitrogens with zero attached hydrogens (tertiary/aromatic N) is 6. The normalized spacial score (nSPS) is 12.8. The van der Waals surface area contributed by atoms with Gasteiger partial charge in [-0.25, -0.2) is 8.42 Å². The van der Waals surface area contributed by atoms with Gasteiger partial charge in [0.25, 0.3) is 0 Å². The number of nitriles is 1. The molecule has 0 amide bonds. The van der Waals surface area contributed by atoms with E-state index in [-0.39, 0.29) is 5.95 Å². The van der Waals surface area contributed by atoms with E-state index in [1.54, 1.807) is 42.7 Å². The molecule has 4 rings (SSSR count). The predicted molar refractivity (Wildman–Crippen MR) is 143 cm³/mol. The number of methoxy groups -OCH3 is 3. The minimum atomic E-state index is -4.14. The molecule has 0 spiro atoms. The molecular weight excluding hydrogens is 522 g/mol. The number of rotatable bonds is 10. The molecule has 0 unspecified atom stereocenters. The Morgan fingerprint density at radius 1 is 1.03 bits per heavy atom. The van der Waals surface area contributed by atoms with Gasteiger partial charge in [-0.2, -0.15) is 5.26 Å². The summed E-state index contributed by atoms with van der Waals surface area (Å²) in [5.74, 6) is 1.03. The van der Waals surface area contributed by atoms with Gasteiger partial charge in [-0.15, -0.1) is 10.2 Å². The number of hydrogen-bond donors (Lipinski definition) is 1. The molecule has 4 aromatic rings. The summed E-state index contributed by atoms with van der Waals surface area (Å²) in [6.07, 6.45) is 3.73. The number of anilines is 1. The molecule has 13 heteroatoms. The molecule has 0 aliphatic heterocycles. The van der Waals surface area contributed by atoms with Crippen molar-refractivity contribution in [3.05, 3.63) is 71.8 Å². The standard InChI is InChI=1S/C26H27N7O5S/c1-16-11-19(15-28-13-16)25-30-31-26(33(25)23-21(36-3)7-6-8-22(23)37-4)32-39(34,35)17(2)24(38-5)20-10-9-18(12-27)14-29-20/h6-11,13-15,17,24H,1-5H3,(H,31,32)/t17-,24-/m1/s1. The minimum absolute atomic E-state index is 0.0937. The molecule has 12 nitrogen and oxygen atoms in total. The number of pyridine rings is 2. The molecule has 2 atom stereocenters. The fraction of sp³-hybridized carbons (Fsp3) is 0.269. The lowest BCUT2D eigenvalue weighted by molar-refractivity contribution is 0.0989. The molecule has 0 bridgehead atoms. The van der Waals surface area contributed by atoms with Crippen LogP contribution in [0.1, 0.15) is 29.8 Å². The number of para-hydroxylation sites is 1. The first kappa shape index (κ1) is 27.5. The number of aryl methyl sites for hydroxylation is 1. The van der Waals surface area contributed by atoms with Crippen LogP contribution in [0, 0.1) is 18.3 Å². The first-order valence-corrected chi connectivity index (χ1v) is 13.3. The van der Waals surface area contributed by atoms with E-state index in [2.05, 4.69) is 24.9 Å². The largest absolute Gasteiger partial charge is 0.494 e. The number of hydrogen-bond acceptors (Lipinski definition) is 10. The molecule has 0 fully saturated rings. The van der Waals surface area contributed by atoms with Gasteiger partial charge in [0.05, 0.1) is 25.5 Å². The van der Waals surface area contributed by atoms with Crippen molar-refractivity contribution in [1.29, 1.82) is 5.26 Å². The summed E-state index contributed by atoms with van der Waals surface area (Å²) < 4.78 is 48.1. The summed E-state index contributed by atoms with van der Waals surface area (Å²) in [6.45, 7) is 3.38. The minimum Gasteiger partial charge on any atom is -0.494 e. The molecule has 0 saturated heterocycles. The van der Waals surface area contributed by atoms with E-state index >= 15 is 0 Å². The maximum atomic E-state index is 13.7. The Balaban J connectivity index is 1.83. The van der Waals surface area contributed by atoms with Gasteiger partial charge >= 0.3 is 0 Å². The lowest BCUT2D eigenvalue weighted by Crippen LogP contribution is -2.33. The highest BCUT2D eigenvalue weighted by Crippen LogP contribution is 2.38. The lowest BCUT2D eigenvalue weighted by atomic mass is 10.1. The summed E-state index contributed by atoms with van der Waals surface area (Å²) in [5.41, 5.74) is 2.58. The second-order valence-corrected chi connectivity index (χ2v) is 10.6. The molecule has 202 valence electrons. The molecule has 1 N–H and O–H groups in total. The van der Waals surface area contributed by atoms with Crippen LogP contribution in [0.25, 0.3) is 17.1 Å². The number of benzene rings is 1. The third-order valence-electron chi connectivity index (χ3n) is 6.03. The van der Waals surface area contributed by atoms with E-state index in [0.29, 0.717) is 39.8 Å². The number of aromatic nitrogens is 5. The average Bonchev–Trinajstić information content (AvgIpc) is 3.35. The van der Waals surface area contributed by atoms with Crippen LogP contribution in [0.15, 0.2) is 55.0 Å². The van der Waals surface area contributed by atoms with E-state index < -0.39 is 21.4 Å². The Hall–Kier alpha value is -4.54. The third kappa shape index (κ3) is 5.52. The van der Waals surface area contributed by atoms with Crippen molar-refractivity contribution in [1.82, 2.24) is 24.7 Å². The molecule has 0 aliphatic carbocycles. The zero-order valence-electron chi connectivity index (χ0n) is 22.0. The van der Waals surface area contributed by atoms with E-state index in [9.17, 15) is 8.42 Å². The Morgan fingerprint density at radius 3 is 2.31 bits per heavy atom. The third-order valence-corrected chi connectivity index (χ3v) is 7.73. The van der Waals surface area contributed by atoms with Crippen LogP contribution in [0.4, 0.5) is 5.95 Å². The molecule has 3 aromatic heterocycles. The zero-order chi connectivity index (χ0) is 28.2. The van der Waals surface area contributed by atoms with Crippen LogP contribution >= 0.6 is 0 Å². The van der Waals surface area contributed by atoms with Gasteiger partial charge in [0.2, 0.25) is 16.0 Å². The fourth-order valence-electron chi connectivity index (χ4n) is 4.05. The van der Waals surface area contributed by atoms with Crippen LogP contribution < -0.4 is 14.2 Å². The second kappa shape index (κ2) is 11.5. The van der Waals surface area contributed by atoms with Gasteiger partial charge in [0.1, 0.15) is 34.6 Å². The molecule has 3 heterocycles. The van der Waals surface area contributed by atoms with Gasteiger partial charge in [-0.05, 0) is 49.7 Å². The fourth-order valence-corrected chi connectivity index (χ4v) is 5.20. The number of ether oxygens (including phenoxy) is 3. The quantitative estimate of drug-likeness (QED) is 0.311. The van der Waals surface area contributed by atoms with E-state index in [4.69, 9.17) is 19.5 Å². The SMILES string of the molecule is COc1cccc(OC)c1-n1c(NS(=O)(=O)[C@H](C)[C@@H](OC)c2ccc(C#N)cn2)nnc1-c1cncc(C)c1. The zero-order valence-corrected chi connectivity index (χ0v) is 22.8. The van der Waals surface area contributed by atoms with Crippen molar-refractivity contribution in [3.8, 4) is 34.6 Å². The highest BCUT2D eigenvalue weighted by Gasteiger charge is 2.34. The number of sulfonamides is 1.